The van der Waals surface area contributed by atoms with Crippen molar-refractivity contribution in [3.63, 3.8) is 0 Å². The SMILES string of the molecule is C/C=C/C1CC(=C(c2ccccc2)c2ccccc2)CC1C(=O)OC. The van der Waals surface area contributed by atoms with Crippen molar-refractivity contribution < 1.29 is 9.53 Å². The number of rotatable bonds is 4. The molecule has 3 rings (SSSR count). The number of hydrogen-bond donors (Lipinski definition) is 0. The Labute approximate surface area is 149 Å². The predicted molar refractivity (Wildman–Crippen MR) is 102 cm³/mol. The van der Waals surface area contributed by atoms with Gasteiger partial charge in [0.1, 0.15) is 0 Å². The molecule has 128 valence electrons. The molecule has 0 N–H and O–H groups in total. The van der Waals surface area contributed by atoms with Crippen LogP contribution < -0.4 is 0 Å². The lowest BCUT2D eigenvalue weighted by atomic mass is 9.91. The summed E-state index contributed by atoms with van der Waals surface area (Å²) in [7, 11) is 1.48. The van der Waals surface area contributed by atoms with Gasteiger partial charge in [-0.15, -0.1) is 0 Å². The average Bonchev–Trinajstić information content (AvgIpc) is 3.07. The summed E-state index contributed by atoms with van der Waals surface area (Å²) in [6.45, 7) is 2.01. The van der Waals surface area contributed by atoms with E-state index >= 15 is 0 Å². The molecule has 0 radical (unpaired) electrons. The van der Waals surface area contributed by atoms with Gasteiger partial charge in [-0.25, -0.2) is 0 Å². The van der Waals surface area contributed by atoms with E-state index in [1.165, 1.54) is 29.4 Å². The molecule has 0 heterocycles. The quantitative estimate of drug-likeness (QED) is 0.563. The minimum atomic E-state index is -0.112. The molecule has 2 unspecified atom stereocenters. The maximum absolute atomic E-state index is 12.3. The average molecular weight is 332 g/mol. The molecule has 0 amide bonds. The van der Waals surface area contributed by atoms with E-state index in [4.69, 9.17) is 4.74 Å². The minimum absolute atomic E-state index is 0.0985. The Balaban J connectivity index is 2.10. The van der Waals surface area contributed by atoms with Crippen molar-refractivity contribution in [2.45, 2.75) is 19.8 Å². The summed E-state index contributed by atoms with van der Waals surface area (Å²) in [4.78, 5) is 12.3. The van der Waals surface area contributed by atoms with Crippen LogP contribution in [-0.2, 0) is 9.53 Å². The summed E-state index contributed by atoms with van der Waals surface area (Å²) in [6, 6.07) is 20.9. The normalized spacial score (nSPS) is 20.0. The van der Waals surface area contributed by atoms with Crippen LogP contribution in [0.2, 0.25) is 0 Å². The Bertz CT molecular complexity index is 731. The van der Waals surface area contributed by atoms with E-state index in [1.807, 2.05) is 25.1 Å². The van der Waals surface area contributed by atoms with Crippen LogP contribution in [0.5, 0.6) is 0 Å². The molecule has 0 spiro atoms. The largest absolute Gasteiger partial charge is 0.469 e. The lowest BCUT2D eigenvalue weighted by Crippen LogP contribution is -2.18. The lowest BCUT2D eigenvalue weighted by molar-refractivity contribution is -0.146. The molecule has 2 aromatic rings. The number of esters is 1. The first kappa shape index (κ1) is 17.2. The third-order valence-corrected chi connectivity index (χ3v) is 4.89. The van der Waals surface area contributed by atoms with Crippen molar-refractivity contribution in [3.8, 4) is 0 Å². The highest BCUT2D eigenvalue weighted by Crippen LogP contribution is 2.43. The van der Waals surface area contributed by atoms with Gasteiger partial charge in [0.15, 0.2) is 0 Å². The zero-order chi connectivity index (χ0) is 17.6. The number of carbonyl (C=O) groups is 1. The summed E-state index contributed by atoms with van der Waals surface area (Å²) in [5.74, 6) is -0.00734. The van der Waals surface area contributed by atoms with Gasteiger partial charge in [0.05, 0.1) is 13.0 Å². The van der Waals surface area contributed by atoms with Crippen LogP contribution in [0.25, 0.3) is 5.57 Å². The summed E-state index contributed by atoms with van der Waals surface area (Å²) < 4.78 is 5.05. The van der Waals surface area contributed by atoms with E-state index in [1.54, 1.807) is 0 Å². The van der Waals surface area contributed by atoms with Crippen LogP contribution >= 0.6 is 0 Å². The van der Waals surface area contributed by atoms with E-state index in [-0.39, 0.29) is 17.8 Å². The third-order valence-electron chi connectivity index (χ3n) is 4.89. The molecular weight excluding hydrogens is 308 g/mol. The smallest absolute Gasteiger partial charge is 0.309 e. The van der Waals surface area contributed by atoms with Crippen molar-refractivity contribution in [1.82, 2.24) is 0 Å². The fourth-order valence-electron chi connectivity index (χ4n) is 3.77. The van der Waals surface area contributed by atoms with Gasteiger partial charge in [-0.3, -0.25) is 4.79 Å². The number of ether oxygens (including phenoxy) is 1. The first-order valence-electron chi connectivity index (χ1n) is 8.78. The number of hydrogen-bond acceptors (Lipinski definition) is 2. The van der Waals surface area contributed by atoms with Crippen LogP contribution in [0.1, 0.15) is 30.9 Å². The van der Waals surface area contributed by atoms with E-state index in [0.29, 0.717) is 0 Å². The van der Waals surface area contributed by atoms with Gasteiger partial charge in [0, 0.05) is 0 Å². The maximum Gasteiger partial charge on any atom is 0.309 e. The van der Waals surface area contributed by atoms with Crippen molar-refractivity contribution in [2.75, 3.05) is 7.11 Å². The molecule has 0 bridgehead atoms. The Morgan fingerprint density at radius 3 is 2.00 bits per heavy atom. The molecule has 0 saturated heterocycles. The van der Waals surface area contributed by atoms with Crippen molar-refractivity contribution >= 4 is 11.5 Å². The van der Waals surface area contributed by atoms with E-state index in [9.17, 15) is 4.79 Å². The summed E-state index contributed by atoms with van der Waals surface area (Å²) in [6.07, 6.45) is 5.82. The molecule has 1 fully saturated rings. The molecule has 2 heteroatoms. The zero-order valence-corrected chi connectivity index (χ0v) is 14.8. The topological polar surface area (TPSA) is 26.3 Å². The second kappa shape index (κ2) is 7.98. The number of allylic oxidation sites excluding steroid dienone is 3. The predicted octanol–water partition coefficient (Wildman–Crippen LogP) is 5.26. The number of methoxy groups -OCH3 is 1. The highest BCUT2D eigenvalue weighted by Gasteiger charge is 2.36. The molecule has 0 aliphatic heterocycles. The third kappa shape index (κ3) is 3.74. The van der Waals surface area contributed by atoms with Crippen molar-refractivity contribution in [1.29, 1.82) is 0 Å². The van der Waals surface area contributed by atoms with Crippen LogP contribution in [0.15, 0.2) is 78.4 Å². The molecular formula is C23H24O2. The first-order chi connectivity index (χ1) is 12.2. The molecule has 1 saturated carbocycles. The fourth-order valence-corrected chi connectivity index (χ4v) is 3.77. The van der Waals surface area contributed by atoms with Gasteiger partial charge < -0.3 is 4.74 Å². The van der Waals surface area contributed by atoms with Gasteiger partial charge in [-0.2, -0.15) is 0 Å². The van der Waals surface area contributed by atoms with Gasteiger partial charge in [0.2, 0.25) is 0 Å². The van der Waals surface area contributed by atoms with Crippen molar-refractivity contribution in [3.05, 3.63) is 89.5 Å². The van der Waals surface area contributed by atoms with Crippen molar-refractivity contribution in [2.24, 2.45) is 11.8 Å². The fraction of sp³-hybridized carbons (Fsp3) is 0.261. The summed E-state index contributed by atoms with van der Waals surface area (Å²) >= 11 is 0. The Kier molecular flexibility index (Phi) is 5.49. The highest BCUT2D eigenvalue weighted by molar-refractivity contribution is 5.84. The summed E-state index contributed by atoms with van der Waals surface area (Å²) in [5, 5.41) is 0. The van der Waals surface area contributed by atoms with Crippen LogP contribution in [0, 0.1) is 11.8 Å². The minimum Gasteiger partial charge on any atom is -0.469 e. The molecule has 1 aliphatic rings. The van der Waals surface area contributed by atoms with E-state index in [0.717, 1.165) is 12.8 Å². The van der Waals surface area contributed by atoms with Gasteiger partial charge in [-0.05, 0) is 42.4 Å². The maximum atomic E-state index is 12.3. The number of carbonyl (C=O) groups excluding carboxylic acids is 1. The highest BCUT2D eigenvalue weighted by atomic mass is 16.5. The molecule has 2 aromatic carbocycles. The van der Waals surface area contributed by atoms with E-state index in [2.05, 4.69) is 54.6 Å². The molecule has 25 heavy (non-hydrogen) atoms. The molecule has 2 nitrogen and oxygen atoms in total. The lowest BCUT2D eigenvalue weighted by Gasteiger charge is -2.13. The van der Waals surface area contributed by atoms with E-state index < -0.39 is 0 Å². The standard InChI is InChI=1S/C23H24O2/c1-3-10-19-15-20(16-21(19)23(24)25-2)22(17-11-6-4-7-12-17)18-13-8-5-9-14-18/h3-14,19,21H,15-16H2,1-2H3/b10-3+. The van der Waals surface area contributed by atoms with Gasteiger partial charge in [0.25, 0.3) is 0 Å². The van der Waals surface area contributed by atoms with Crippen LogP contribution in [0.4, 0.5) is 0 Å². The Hall–Kier alpha value is -2.61. The summed E-state index contributed by atoms with van der Waals surface area (Å²) in [5.41, 5.74) is 4.99. The number of benzene rings is 2. The zero-order valence-electron chi connectivity index (χ0n) is 14.8. The monoisotopic (exact) mass is 332 g/mol. The Morgan fingerprint density at radius 1 is 0.960 bits per heavy atom. The van der Waals surface area contributed by atoms with Gasteiger partial charge in [-0.1, -0.05) is 78.4 Å². The molecule has 0 aromatic heterocycles. The Morgan fingerprint density at radius 2 is 1.52 bits per heavy atom. The molecule has 2 atom stereocenters. The van der Waals surface area contributed by atoms with Gasteiger partial charge >= 0.3 is 5.97 Å². The van der Waals surface area contributed by atoms with Crippen LogP contribution in [0.3, 0.4) is 0 Å². The first-order valence-corrected chi connectivity index (χ1v) is 8.78. The second-order valence-electron chi connectivity index (χ2n) is 6.44. The molecule has 1 aliphatic carbocycles. The van der Waals surface area contributed by atoms with Crippen LogP contribution in [-0.4, -0.2) is 13.1 Å². The second-order valence-corrected chi connectivity index (χ2v) is 6.44.